The molecule has 2 saturated carbocycles. The van der Waals surface area contributed by atoms with Crippen LogP contribution in [0.15, 0.2) is 31.7 Å². The standard InChI is InChI=1S/C29H37NO7S2/c1-17(2)36-28(32)22(15-30)29-38-25-23(35-16-18-5-9-20(33-3)10-6-18)13-14-24(26(25)39-29)37-27(31)19-7-11-21(34-4)12-8-19/h13-14,17-21H,5-12,16H2,1-4H3/b29-22+. The predicted octanol–water partition coefficient (Wildman–Crippen LogP) is 6.27. The van der Waals surface area contributed by atoms with Crippen LogP contribution in [0.2, 0.25) is 0 Å². The lowest BCUT2D eigenvalue weighted by Crippen LogP contribution is -2.28. The van der Waals surface area contributed by atoms with Crippen molar-refractivity contribution in [3.8, 4) is 17.6 Å². The van der Waals surface area contributed by atoms with Crippen molar-refractivity contribution in [3.05, 3.63) is 21.9 Å². The van der Waals surface area contributed by atoms with Gasteiger partial charge < -0.3 is 23.7 Å². The van der Waals surface area contributed by atoms with Crippen LogP contribution in [0.25, 0.3) is 0 Å². The Bertz CT molecular complexity index is 1110. The number of rotatable bonds is 9. The second-order valence-corrected chi connectivity index (χ2v) is 12.8. The number of nitriles is 1. The summed E-state index contributed by atoms with van der Waals surface area (Å²) in [5.41, 5.74) is -0.0612. The molecule has 39 heavy (non-hydrogen) atoms. The minimum absolute atomic E-state index is 0.0612. The van der Waals surface area contributed by atoms with E-state index in [0.29, 0.717) is 39.3 Å². The second-order valence-electron chi connectivity index (χ2n) is 10.5. The van der Waals surface area contributed by atoms with Gasteiger partial charge in [0.2, 0.25) is 0 Å². The van der Waals surface area contributed by atoms with Crippen molar-refractivity contribution in [2.24, 2.45) is 11.8 Å². The summed E-state index contributed by atoms with van der Waals surface area (Å²) in [6.45, 7) is 4.05. The van der Waals surface area contributed by atoms with Crippen LogP contribution < -0.4 is 9.47 Å². The topological polar surface area (TPSA) is 104 Å². The highest BCUT2D eigenvalue weighted by atomic mass is 32.2. The molecule has 10 heteroatoms. The fourth-order valence-electron chi connectivity index (χ4n) is 5.14. The van der Waals surface area contributed by atoms with Crippen LogP contribution in [0.5, 0.6) is 11.5 Å². The molecule has 212 valence electrons. The molecule has 0 bridgehead atoms. The molecule has 0 saturated heterocycles. The Hall–Kier alpha value is -2.19. The zero-order valence-electron chi connectivity index (χ0n) is 23.0. The summed E-state index contributed by atoms with van der Waals surface area (Å²) in [4.78, 5) is 27.1. The molecule has 1 heterocycles. The summed E-state index contributed by atoms with van der Waals surface area (Å²) in [5, 5.41) is 9.79. The van der Waals surface area contributed by atoms with Crippen molar-refractivity contribution in [2.75, 3.05) is 20.8 Å². The van der Waals surface area contributed by atoms with E-state index in [0.717, 1.165) is 56.3 Å². The van der Waals surface area contributed by atoms with Gasteiger partial charge in [-0.25, -0.2) is 4.79 Å². The molecule has 4 rings (SSSR count). The van der Waals surface area contributed by atoms with Crippen molar-refractivity contribution in [1.29, 1.82) is 5.26 Å². The summed E-state index contributed by atoms with van der Waals surface area (Å²) in [5.74, 6) is 0.380. The van der Waals surface area contributed by atoms with Crippen LogP contribution in [-0.4, -0.2) is 51.1 Å². The quantitative estimate of drug-likeness (QED) is 0.145. The Balaban J connectivity index is 1.55. The number of methoxy groups -OCH3 is 2. The number of nitrogens with zero attached hydrogens (tertiary/aromatic N) is 1. The highest BCUT2D eigenvalue weighted by molar-refractivity contribution is 8.24. The highest BCUT2D eigenvalue weighted by Crippen LogP contribution is 2.59. The van der Waals surface area contributed by atoms with Gasteiger partial charge >= 0.3 is 11.9 Å². The summed E-state index contributed by atoms with van der Waals surface area (Å²) in [6.07, 6.45) is 7.36. The van der Waals surface area contributed by atoms with Gasteiger partial charge in [-0.3, -0.25) is 4.79 Å². The smallest absolute Gasteiger partial charge is 0.350 e. The van der Waals surface area contributed by atoms with Gasteiger partial charge in [0, 0.05) is 14.2 Å². The van der Waals surface area contributed by atoms with Gasteiger partial charge in [-0.2, -0.15) is 5.26 Å². The first-order chi connectivity index (χ1) is 18.8. The molecular weight excluding hydrogens is 538 g/mol. The van der Waals surface area contributed by atoms with Gasteiger partial charge in [0.05, 0.1) is 44.9 Å². The van der Waals surface area contributed by atoms with Crippen molar-refractivity contribution in [2.45, 2.75) is 93.3 Å². The fourth-order valence-corrected chi connectivity index (χ4v) is 7.71. The largest absolute Gasteiger partial charge is 0.492 e. The van der Waals surface area contributed by atoms with E-state index in [1.54, 1.807) is 34.1 Å². The minimum atomic E-state index is -0.666. The second kappa shape index (κ2) is 13.9. The van der Waals surface area contributed by atoms with Crippen LogP contribution in [0, 0.1) is 23.2 Å². The molecular formula is C29H37NO7S2. The Morgan fingerprint density at radius 1 is 0.923 bits per heavy atom. The molecule has 0 amide bonds. The Kier molecular flexibility index (Phi) is 10.6. The first kappa shape index (κ1) is 29.8. The van der Waals surface area contributed by atoms with Crippen LogP contribution in [0.3, 0.4) is 0 Å². The first-order valence-corrected chi connectivity index (χ1v) is 15.2. The maximum absolute atomic E-state index is 13.1. The molecule has 1 aromatic rings. The van der Waals surface area contributed by atoms with Crippen molar-refractivity contribution in [3.63, 3.8) is 0 Å². The van der Waals surface area contributed by atoms with Crippen molar-refractivity contribution < 1.29 is 33.3 Å². The molecule has 0 radical (unpaired) electrons. The van der Waals surface area contributed by atoms with Crippen LogP contribution in [0.4, 0.5) is 0 Å². The van der Waals surface area contributed by atoms with Crippen LogP contribution in [-0.2, 0) is 23.8 Å². The fraction of sp³-hybridized carbons (Fsp3) is 0.621. The third-order valence-electron chi connectivity index (χ3n) is 7.45. The number of benzene rings is 1. The number of carbonyl (C=O) groups is 2. The molecule has 3 aliphatic rings. The van der Waals surface area contributed by atoms with E-state index in [4.69, 9.17) is 23.7 Å². The Labute approximate surface area is 239 Å². The van der Waals surface area contributed by atoms with Gasteiger partial charge in [0.25, 0.3) is 0 Å². The zero-order valence-corrected chi connectivity index (χ0v) is 24.7. The number of hydrogen-bond donors (Lipinski definition) is 0. The number of esters is 2. The monoisotopic (exact) mass is 575 g/mol. The predicted molar refractivity (Wildman–Crippen MR) is 149 cm³/mol. The van der Waals surface area contributed by atoms with Gasteiger partial charge in [-0.05, 0) is 83.3 Å². The minimum Gasteiger partial charge on any atom is -0.492 e. The third-order valence-corrected chi connectivity index (χ3v) is 10.1. The zero-order chi connectivity index (χ0) is 27.9. The van der Waals surface area contributed by atoms with E-state index in [1.807, 2.05) is 12.1 Å². The number of ether oxygens (including phenoxy) is 5. The lowest BCUT2D eigenvalue weighted by molar-refractivity contribution is -0.142. The molecule has 0 atom stereocenters. The molecule has 1 aromatic carbocycles. The maximum atomic E-state index is 13.1. The van der Waals surface area contributed by atoms with Gasteiger partial charge in [0.1, 0.15) is 17.6 Å². The van der Waals surface area contributed by atoms with Gasteiger partial charge in [0.15, 0.2) is 5.57 Å². The van der Waals surface area contributed by atoms with Crippen molar-refractivity contribution in [1.82, 2.24) is 0 Å². The molecule has 2 aliphatic carbocycles. The molecule has 8 nitrogen and oxygen atoms in total. The van der Waals surface area contributed by atoms with Crippen LogP contribution in [0.1, 0.15) is 65.2 Å². The molecule has 0 N–H and O–H groups in total. The van der Waals surface area contributed by atoms with E-state index < -0.39 is 5.97 Å². The van der Waals surface area contributed by atoms with Crippen LogP contribution >= 0.6 is 23.5 Å². The summed E-state index contributed by atoms with van der Waals surface area (Å²) < 4.78 is 28.9. The van der Waals surface area contributed by atoms with E-state index in [1.165, 1.54) is 23.5 Å². The number of hydrogen-bond acceptors (Lipinski definition) is 10. The molecule has 0 spiro atoms. The molecule has 1 aliphatic heterocycles. The lowest BCUT2D eigenvalue weighted by atomic mass is 9.87. The van der Waals surface area contributed by atoms with Gasteiger partial charge in [-0.1, -0.05) is 23.5 Å². The van der Waals surface area contributed by atoms with Crippen molar-refractivity contribution >= 4 is 35.5 Å². The summed E-state index contributed by atoms with van der Waals surface area (Å²) in [6, 6.07) is 5.58. The van der Waals surface area contributed by atoms with E-state index >= 15 is 0 Å². The Morgan fingerprint density at radius 3 is 2.05 bits per heavy atom. The summed E-state index contributed by atoms with van der Waals surface area (Å²) in [7, 11) is 3.46. The SMILES string of the molecule is COC1CCC(COc2ccc(OC(=O)C3CCC(OC)CC3)c3c2S/C(=C(/C#N)C(=O)OC(C)C)S3)CC1. The first-order valence-electron chi connectivity index (χ1n) is 13.6. The molecule has 2 fully saturated rings. The molecule has 0 unspecified atom stereocenters. The number of fused-ring (bicyclic) bond motifs is 1. The molecule has 0 aromatic heterocycles. The average molecular weight is 576 g/mol. The normalized spacial score (nSPS) is 25.9. The highest BCUT2D eigenvalue weighted by Gasteiger charge is 2.34. The number of thioether (sulfide) groups is 2. The average Bonchev–Trinajstić information content (AvgIpc) is 3.38. The van der Waals surface area contributed by atoms with E-state index in [-0.39, 0.29) is 29.7 Å². The summed E-state index contributed by atoms with van der Waals surface area (Å²) >= 11 is 2.54. The van der Waals surface area contributed by atoms with E-state index in [9.17, 15) is 14.9 Å². The maximum Gasteiger partial charge on any atom is 0.350 e. The number of carbonyl (C=O) groups excluding carboxylic acids is 2. The van der Waals surface area contributed by atoms with Gasteiger partial charge in [-0.15, -0.1) is 0 Å². The Morgan fingerprint density at radius 2 is 1.49 bits per heavy atom. The lowest BCUT2D eigenvalue weighted by Gasteiger charge is -2.27. The third kappa shape index (κ3) is 7.51. The van der Waals surface area contributed by atoms with E-state index in [2.05, 4.69) is 0 Å².